The fourth-order valence-electron chi connectivity index (χ4n) is 5.90. The minimum absolute atomic E-state index is 0. The van der Waals surface area contributed by atoms with E-state index < -0.39 is 0 Å². The molecule has 4 saturated carbocycles. The molecule has 0 aromatic rings. The Bertz CT molecular complexity index is 374. The highest BCUT2D eigenvalue weighted by Crippen LogP contribution is 2.61. The Hall–Kier alpha value is -0.320. The zero-order valence-corrected chi connectivity index (χ0v) is 14.1. The number of rotatable bonds is 4. The number of hydrogen-bond donors (Lipinski definition) is 2. The van der Waals surface area contributed by atoms with E-state index in [4.69, 9.17) is 4.74 Å². The van der Waals surface area contributed by atoms with Gasteiger partial charge in [0.25, 0.3) is 0 Å². The van der Waals surface area contributed by atoms with Crippen molar-refractivity contribution in [3.8, 4) is 0 Å². The molecule has 4 bridgehead atoms. The van der Waals surface area contributed by atoms with E-state index >= 15 is 0 Å². The summed E-state index contributed by atoms with van der Waals surface area (Å²) < 4.78 is 5.36. The molecule has 5 fully saturated rings. The molecule has 5 heteroatoms. The van der Waals surface area contributed by atoms with Gasteiger partial charge in [-0.25, -0.2) is 0 Å². The second-order valence-electron chi connectivity index (χ2n) is 8.04. The number of carbonyl (C=O) groups is 1. The van der Waals surface area contributed by atoms with E-state index in [1.165, 1.54) is 44.9 Å². The summed E-state index contributed by atoms with van der Waals surface area (Å²) in [7, 11) is 0. The van der Waals surface area contributed by atoms with Crippen molar-refractivity contribution in [3.05, 3.63) is 0 Å². The lowest BCUT2D eigenvalue weighted by atomic mass is 9.49. The second-order valence-corrected chi connectivity index (χ2v) is 8.04. The first kappa shape index (κ1) is 16.5. The molecule has 5 rings (SSSR count). The van der Waals surface area contributed by atoms with Gasteiger partial charge in [-0.05, 0) is 68.1 Å². The molecule has 4 nitrogen and oxygen atoms in total. The van der Waals surface area contributed by atoms with Crippen LogP contribution < -0.4 is 10.6 Å². The van der Waals surface area contributed by atoms with E-state index in [2.05, 4.69) is 10.6 Å². The lowest BCUT2D eigenvalue weighted by Crippen LogP contribution is -2.52. The van der Waals surface area contributed by atoms with Gasteiger partial charge in [0.2, 0.25) is 5.91 Å². The molecule has 1 atom stereocenters. The van der Waals surface area contributed by atoms with Gasteiger partial charge in [-0.2, -0.15) is 0 Å². The standard InChI is InChI=1S/C17H28N2O2.ClH/c20-16(15-11-21-4-3-18-15)19-2-1-17-8-12-5-13(9-17)7-14(6-12)10-17;/h12-15,18H,1-11H2,(H,19,20);1H. The van der Waals surface area contributed by atoms with Crippen LogP contribution in [0.2, 0.25) is 0 Å². The summed E-state index contributed by atoms with van der Waals surface area (Å²) in [5.74, 6) is 3.13. The summed E-state index contributed by atoms with van der Waals surface area (Å²) in [6.45, 7) is 2.87. The Labute approximate surface area is 139 Å². The summed E-state index contributed by atoms with van der Waals surface area (Å²) in [5.41, 5.74) is 0.568. The van der Waals surface area contributed by atoms with Crippen LogP contribution >= 0.6 is 12.4 Å². The molecule has 1 heterocycles. The smallest absolute Gasteiger partial charge is 0.239 e. The van der Waals surface area contributed by atoms with Crippen molar-refractivity contribution in [2.45, 2.75) is 51.0 Å². The maximum Gasteiger partial charge on any atom is 0.239 e. The topological polar surface area (TPSA) is 50.4 Å². The van der Waals surface area contributed by atoms with Gasteiger partial charge in [0.05, 0.1) is 13.2 Å². The molecule has 1 aliphatic heterocycles. The maximum atomic E-state index is 12.1. The zero-order chi connectivity index (χ0) is 14.3. The van der Waals surface area contributed by atoms with Crippen molar-refractivity contribution in [2.24, 2.45) is 23.2 Å². The fraction of sp³-hybridized carbons (Fsp3) is 0.941. The van der Waals surface area contributed by atoms with E-state index in [0.29, 0.717) is 12.0 Å². The summed E-state index contributed by atoms with van der Waals surface area (Å²) in [5, 5.41) is 6.37. The van der Waals surface area contributed by atoms with E-state index in [1.54, 1.807) is 0 Å². The third-order valence-electron chi connectivity index (χ3n) is 6.36. The molecule has 22 heavy (non-hydrogen) atoms. The Morgan fingerprint density at radius 3 is 2.32 bits per heavy atom. The molecule has 0 spiro atoms. The highest BCUT2D eigenvalue weighted by molar-refractivity contribution is 5.85. The molecule has 126 valence electrons. The Morgan fingerprint density at radius 2 is 1.77 bits per heavy atom. The summed E-state index contributed by atoms with van der Waals surface area (Å²) >= 11 is 0. The van der Waals surface area contributed by atoms with Gasteiger partial charge >= 0.3 is 0 Å². The Morgan fingerprint density at radius 1 is 1.14 bits per heavy atom. The van der Waals surface area contributed by atoms with Crippen LogP contribution in [0.15, 0.2) is 0 Å². The molecule has 0 aromatic carbocycles. The van der Waals surface area contributed by atoms with E-state index in [0.717, 1.165) is 37.5 Å². The first-order valence-corrected chi connectivity index (χ1v) is 8.81. The number of halogens is 1. The molecule has 5 aliphatic rings. The predicted octanol–water partition coefficient (Wildman–Crippen LogP) is 2.12. The number of hydrogen-bond acceptors (Lipinski definition) is 3. The van der Waals surface area contributed by atoms with Crippen LogP contribution in [0.3, 0.4) is 0 Å². The lowest BCUT2D eigenvalue weighted by molar-refractivity contribution is -0.126. The van der Waals surface area contributed by atoms with Gasteiger partial charge < -0.3 is 15.4 Å². The van der Waals surface area contributed by atoms with Crippen LogP contribution in [-0.4, -0.2) is 38.3 Å². The van der Waals surface area contributed by atoms with Crippen molar-refractivity contribution in [3.63, 3.8) is 0 Å². The fourth-order valence-corrected chi connectivity index (χ4v) is 5.90. The minimum atomic E-state index is -0.143. The average Bonchev–Trinajstić information content (AvgIpc) is 2.46. The first-order valence-electron chi connectivity index (χ1n) is 8.81. The molecule has 1 amide bonds. The molecule has 0 radical (unpaired) electrons. The molecular formula is C17H29ClN2O2. The number of carbonyl (C=O) groups excluding carboxylic acids is 1. The number of ether oxygens (including phenoxy) is 1. The van der Waals surface area contributed by atoms with Gasteiger partial charge in [0.1, 0.15) is 6.04 Å². The van der Waals surface area contributed by atoms with E-state index in [1.807, 2.05) is 0 Å². The number of nitrogens with one attached hydrogen (secondary N) is 2. The lowest BCUT2D eigenvalue weighted by Gasteiger charge is -2.57. The summed E-state index contributed by atoms with van der Waals surface area (Å²) in [6, 6.07) is -0.143. The SMILES string of the molecule is Cl.O=C(NCCC12CC3CC(CC(C3)C1)C2)C1COCCN1. The third-order valence-corrected chi connectivity index (χ3v) is 6.36. The highest BCUT2D eigenvalue weighted by Gasteiger charge is 2.50. The molecule has 4 aliphatic carbocycles. The molecule has 2 N–H and O–H groups in total. The minimum Gasteiger partial charge on any atom is -0.378 e. The van der Waals surface area contributed by atoms with Crippen LogP contribution in [0.1, 0.15) is 44.9 Å². The van der Waals surface area contributed by atoms with Crippen molar-refractivity contribution >= 4 is 18.3 Å². The predicted molar refractivity (Wildman–Crippen MR) is 88.1 cm³/mol. The maximum absolute atomic E-state index is 12.1. The Balaban J connectivity index is 0.00000144. The van der Waals surface area contributed by atoms with Crippen LogP contribution in [-0.2, 0) is 9.53 Å². The average molecular weight is 329 g/mol. The van der Waals surface area contributed by atoms with Crippen LogP contribution in [0.25, 0.3) is 0 Å². The van der Waals surface area contributed by atoms with Crippen molar-refractivity contribution in [1.29, 1.82) is 0 Å². The quantitative estimate of drug-likeness (QED) is 0.831. The molecular weight excluding hydrogens is 300 g/mol. The van der Waals surface area contributed by atoms with E-state index in [-0.39, 0.29) is 24.4 Å². The van der Waals surface area contributed by atoms with Crippen LogP contribution in [0.5, 0.6) is 0 Å². The van der Waals surface area contributed by atoms with Crippen molar-refractivity contribution in [1.82, 2.24) is 10.6 Å². The largest absolute Gasteiger partial charge is 0.378 e. The van der Waals surface area contributed by atoms with Crippen molar-refractivity contribution in [2.75, 3.05) is 26.3 Å². The van der Waals surface area contributed by atoms with Gasteiger partial charge in [-0.15, -0.1) is 12.4 Å². The van der Waals surface area contributed by atoms with Gasteiger partial charge in [0, 0.05) is 13.1 Å². The van der Waals surface area contributed by atoms with Crippen molar-refractivity contribution < 1.29 is 9.53 Å². The normalized spacial score (nSPS) is 42.7. The van der Waals surface area contributed by atoms with Crippen LogP contribution in [0, 0.1) is 23.2 Å². The highest BCUT2D eigenvalue weighted by atomic mass is 35.5. The number of morpholine rings is 1. The van der Waals surface area contributed by atoms with Gasteiger partial charge in [0.15, 0.2) is 0 Å². The van der Waals surface area contributed by atoms with Gasteiger partial charge in [-0.1, -0.05) is 0 Å². The molecule has 0 aromatic heterocycles. The Kier molecular flexibility index (Phi) is 5.01. The van der Waals surface area contributed by atoms with Gasteiger partial charge in [-0.3, -0.25) is 4.79 Å². The van der Waals surface area contributed by atoms with Crippen LogP contribution in [0.4, 0.5) is 0 Å². The number of amides is 1. The zero-order valence-electron chi connectivity index (χ0n) is 13.3. The first-order chi connectivity index (χ1) is 10.2. The summed E-state index contributed by atoms with van der Waals surface area (Å²) in [4.78, 5) is 12.1. The third kappa shape index (κ3) is 3.29. The second kappa shape index (κ2) is 6.66. The van der Waals surface area contributed by atoms with E-state index in [9.17, 15) is 4.79 Å². The summed E-state index contributed by atoms with van der Waals surface area (Å²) in [6.07, 6.45) is 9.97. The monoisotopic (exact) mass is 328 g/mol. The molecule has 1 saturated heterocycles. The molecule has 1 unspecified atom stereocenters.